The van der Waals surface area contributed by atoms with Gasteiger partial charge in [0.15, 0.2) is 0 Å². The highest BCUT2D eigenvalue weighted by Crippen LogP contribution is 2.47. The van der Waals surface area contributed by atoms with E-state index in [1.807, 2.05) is 47.6 Å². The zero-order valence-electron chi connectivity index (χ0n) is 28.5. The molecule has 0 amide bonds. The SMILES string of the molecule is Cc1cc(C)cc(P(c2cc(C(F)(F)F)cc(C(F)(F)F)c2)c2c(CO)ccc(CO)c2-c2c(C(C)C)cc(C(C)C)cc2C(C)C)c1. The van der Waals surface area contributed by atoms with Crippen molar-refractivity contribution in [3.63, 3.8) is 0 Å². The molecule has 0 bridgehead atoms. The van der Waals surface area contributed by atoms with Gasteiger partial charge in [-0.15, -0.1) is 0 Å². The van der Waals surface area contributed by atoms with Gasteiger partial charge in [0.1, 0.15) is 0 Å². The van der Waals surface area contributed by atoms with Gasteiger partial charge >= 0.3 is 12.4 Å². The lowest BCUT2D eigenvalue weighted by Crippen LogP contribution is -2.29. The van der Waals surface area contributed by atoms with Crippen molar-refractivity contribution in [1.29, 1.82) is 0 Å². The largest absolute Gasteiger partial charge is 0.416 e. The van der Waals surface area contributed by atoms with Gasteiger partial charge in [0.25, 0.3) is 0 Å². The van der Waals surface area contributed by atoms with Crippen LogP contribution >= 0.6 is 7.92 Å². The van der Waals surface area contributed by atoms with Crippen LogP contribution in [0.5, 0.6) is 0 Å². The smallest absolute Gasteiger partial charge is 0.392 e. The predicted molar refractivity (Wildman–Crippen MR) is 184 cm³/mol. The van der Waals surface area contributed by atoms with Crippen LogP contribution in [0, 0.1) is 13.8 Å². The lowest BCUT2D eigenvalue weighted by Gasteiger charge is -2.31. The average molecular weight is 689 g/mol. The van der Waals surface area contributed by atoms with Gasteiger partial charge in [-0.05, 0) is 113 Å². The topological polar surface area (TPSA) is 40.5 Å². The molecule has 0 aliphatic heterocycles. The molecule has 0 aliphatic rings. The molecule has 0 fully saturated rings. The highest BCUT2D eigenvalue weighted by molar-refractivity contribution is 7.80. The number of hydrogen-bond acceptors (Lipinski definition) is 2. The fourth-order valence-corrected chi connectivity index (χ4v) is 9.20. The first kappa shape index (κ1) is 37.6. The van der Waals surface area contributed by atoms with Crippen LogP contribution in [0.1, 0.15) is 109 Å². The number of halogens is 6. The Hall–Kier alpha value is -3.19. The highest BCUT2D eigenvalue weighted by Gasteiger charge is 2.39. The zero-order chi connectivity index (χ0) is 35.9. The van der Waals surface area contributed by atoms with Gasteiger partial charge in [0.05, 0.1) is 24.3 Å². The van der Waals surface area contributed by atoms with E-state index in [2.05, 4.69) is 26.0 Å². The van der Waals surface area contributed by atoms with E-state index in [4.69, 9.17) is 0 Å². The summed E-state index contributed by atoms with van der Waals surface area (Å²) >= 11 is 0. The Morgan fingerprint density at radius 1 is 0.562 bits per heavy atom. The standard InChI is InChI=1S/C39H43F6O2P/c1-21(2)28-14-33(22(3)4)36(34(15-28)23(5)6)35-26(19-46)9-10-27(20-47)37(35)48(31-12-24(7)11-25(8)13-31)32-17-29(38(40,41)42)16-30(18-32)39(43,44)45/h9-18,21-23,46-47H,19-20H2,1-8H3. The minimum atomic E-state index is -5.04. The minimum Gasteiger partial charge on any atom is -0.392 e. The summed E-state index contributed by atoms with van der Waals surface area (Å²) in [4.78, 5) is 0. The van der Waals surface area contributed by atoms with Gasteiger partial charge in [0, 0.05) is 0 Å². The summed E-state index contributed by atoms with van der Waals surface area (Å²) in [5, 5.41) is 22.5. The van der Waals surface area contributed by atoms with Crippen molar-refractivity contribution in [1.82, 2.24) is 0 Å². The van der Waals surface area contributed by atoms with Gasteiger partial charge in [-0.25, -0.2) is 0 Å². The molecule has 0 aliphatic carbocycles. The van der Waals surface area contributed by atoms with E-state index in [0.717, 1.165) is 45.5 Å². The Bertz CT molecular complexity index is 1710. The quantitative estimate of drug-likeness (QED) is 0.136. The fraction of sp³-hybridized carbons (Fsp3) is 0.385. The molecule has 0 radical (unpaired) electrons. The van der Waals surface area contributed by atoms with Gasteiger partial charge in [-0.3, -0.25) is 0 Å². The maximum absolute atomic E-state index is 14.3. The summed E-state index contributed by atoms with van der Waals surface area (Å²) in [6, 6.07) is 14.8. The third kappa shape index (κ3) is 7.82. The number of alkyl halides is 6. The zero-order valence-corrected chi connectivity index (χ0v) is 29.4. The molecule has 1 atom stereocenters. The van der Waals surface area contributed by atoms with E-state index in [1.165, 1.54) is 0 Å². The Labute approximate surface area is 280 Å². The van der Waals surface area contributed by atoms with E-state index in [9.17, 15) is 36.6 Å². The van der Waals surface area contributed by atoms with E-state index < -0.39 is 44.6 Å². The van der Waals surface area contributed by atoms with Crippen LogP contribution in [-0.4, -0.2) is 10.2 Å². The number of rotatable bonds is 9. The fourth-order valence-electron chi connectivity index (χ4n) is 6.27. The van der Waals surface area contributed by atoms with Crippen LogP contribution in [0.3, 0.4) is 0 Å². The van der Waals surface area contributed by atoms with Crippen LogP contribution in [-0.2, 0) is 25.6 Å². The third-order valence-electron chi connectivity index (χ3n) is 8.59. The molecule has 0 saturated carbocycles. The normalized spacial score (nSPS) is 13.2. The molecule has 0 heterocycles. The first-order valence-electron chi connectivity index (χ1n) is 16.0. The maximum atomic E-state index is 14.3. The van der Waals surface area contributed by atoms with Crippen molar-refractivity contribution in [3.05, 3.63) is 111 Å². The molecule has 2 N–H and O–H groups in total. The van der Waals surface area contributed by atoms with E-state index in [0.29, 0.717) is 27.3 Å². The van der Waals surface area contributed by atoms with Crippen molar-refractivity contribution in [2.24, 2.45) is 0 Å². The minimum absolute atomic E-state index is 0.0220. The Kier molecular flexibility index (Phi) is 11.2. The van der Waals surface area contributed by atoms with Crippen LogP contribution in [0.15, 0.2) is 60.7 Å². The summed E-state index contributed by atoms with van der Waals surface area (Å²) in [6.45, 7) is 15.0. The summed E-state index contributed by atoms with van der Waals surface area (Å²) in [5.74, 6) is 0.144. The van der Waals surface area contributed by atoms with Crippen LogP contribution in [0.25, 0.3) is 11.1 Å². The molecule has 0 saturated heterocycles. The Morgan fingerprint density at radius 2 is 1.00 bits per heavy atom. The van der Waals surface area contributed by atoms with Crippen molar-refractivity contribution >= 4 is 23.8 Å². The summed E-state index contributed by atoms with van der Waals surface area (Å²) in [6.07, 6.45) is -10.1. The van der Waals surface area contributed by atoms with E-state index in [1.54, 1.807) is 24.3 Å². The van der Waals surface area contributed by atoms with Crippen molar-refractivity contribution in [3.8, 4) is 11.1 Å². The lowest BCUT2D eigenvalue weighted by atomic mass is 9.80. The second-order valence-electron chi connectivity index (χ2n) is 13.4. The van der Waals surface area contributed by atoms with Crippen LogP contribution < -0.4 is 15.9 Å². The molecular formula is C39H43F6O2P. The number of aliphatic hydroxyl groups is 2. The maximum Gasteiger partial charge on any atom is 0.416 e. The number of hydrogen-bond donors (Lipinski definition) is 2. The molecule has 2 nitrogen and oxygen atoms in total. The number of aryl methyl sites for hydroxylation is 2. The molecule has 48 heavy (non-hydrogen) atoms. The molecule has 0 aromatic heterocycles. The number of aliphatic hydroxyl groups excluding tert-OH is 2. The van der Waals surface area contributed by atoms with Crippen LogP contribution in [0.4, 0.5) is 26.3 Å². The van der Waals surface area contributed by atoms with Gasteiger partial charge in [-0.2, -0.15) is 26.3 Å². The summed E-state index contributed by atoms with van der Waals surface area (Å²) in [5.41, 5.74) is 3.96. The van der Waals surface area contributed by atoms with Gasteiger partial charge in [0.2, 0.25) is 0 Å². The summed E-state index contributed by atoms with van der Waals surface area (Å²) < 4.78 is 85.8. The second kappa shape index (κ2) is 14.3. The monoisotopic (exact) mass is 688 g/mol. The van der Waals surface area contributed by atoms with Gasteiger partial charge < -0.3 is 10.2 Å². The predicted octanol–water partition coefficient (Wildman–Crippen LogP) is 10.1. The second-order valence-corrected chi connectivity index (χ2v) is 15.6. The first-order valence-corrected chi connectivity index (χ1v) is 17.3. The number of benzene rings is 4. The van der Waals surface area contributed by atoms with Gasteiger partial charge in [-0.1, -0.05) is 95.1 Å². The molecule has 4 aromatic rings. The van der Waals surface area contributed by atoms with E-state index in [-0.39, 0.29) is 29.1 Å². The Balaban J connectivity index is 2.33. The summed E-state index contributed by atoms with van der Waals surface area (Å²) in [7, 11) is -2.15. The molecule has 9 heteroatoms. The molecule has 258 valence electrons. The van der Waals surface area contributed by atoms with E-state index >= 15 is 0 Å². The molecule has 0 spiro atoms. The lowest BCUT2D eigenvalue weighted by molar-refractivity contribution is -0.142. The van der Waals surface area contributed by atoms with Crippen molar-refractivity contribution in [2.75, 3.05) is 0 Å². The third-order valence-corrected chi connectivity index (χ3v) is 11.1. The first-order chi connectivity index (χ1) is 22.3. The molecule has 4 aromatic carbocycles. The molecule has 4 rings (SSSR count). The Morgan fingerprint density at radius 3 is 1.40 bits per heavy atom. The highest BCUT2D eigenvalue weighted by atomic mass is 31.1. The molecular weight excluding hydrogens is 645 g/mol. The molecule has 1 unspecified atom stereocenters. The van der Waals surface area contributed by atoms with Crippen molar-refractivity contribution < 1.29 is 36.6 Å². The average Bonchev–Trinajstić information content (AvgIpc) is 2.98. The van der Waals surface area contributed by atoms with Crippen LogP contribution in [0.2, 0.25) is 0 Å². The van der Waals surface area contributed by atoms with Crippen molar-refractivity contribution in [2.45, 2.75) is 98.7 Å².